The van der Waals surface area contributed by atoms with Gasteiger partial charge in [-0.2, -0.15) is 0 Å². The van der Waals surface area contributed by atoms with Crippen LogP contribution in [0.25, 0.3) is 0 Å². The Hall–Kier alpha value is -1.85. The molecule has 1 aromatic rings. The molecule has 5 nitrogen and oxygen atoms in total. The highest BCUT2D eigenvalue weighted by molar-refractivity contribution is 5.86. The van der Waals surface area contributed by atoms with Crippen LogP contribution < -0.4 is 10.6 Å². The van der Waals surface area contributed by atoms with Gasteiger partial charge in [0, 0.05) is 0 Å². The fourth-order valence-electron chi connectivity index (χ4n) is 2.34. The molecule has 110 valence electrons. The molecule has 1 aliphatic carbocycles. The van der Waals surface area contributed by atoms with Crippen LogP contribution >= 0.6 is 0 Å². The number of carbonyl (C=O) groups is 2. The third kappa shape index (κ3) is 4.08. The van der Waals surface area contributed by atoms with Crippen molar-refractivity contribution in [3.63, 3.8) is 0 Å². The van der Waals surface area contributed by atoms with Gasteiger partial charge in [0.2, 0.25) is 11.8 Å². The molecule has 0 spiro atoms. The van der Waals surface area contributed by atoms with Crippen molar-refractivity contribution in [2.24, 2.45) is 5.92 Å². The van der Waals surface area contributed by atoms with E-state index >= 15 is 0 Å². The van der Waals surface area contributed by atoms with Gasteiger partial charge in [0.05, 0.1) is 25.3 Å². The second kappa shape index (κ2) is 7.07. The second-order valence-corrected chi connectivity index (χ2v) is 4.98. The van der Waals surface area contributed by atoms with Crippen molar-refractivity contribution in [3.8, 4) is 0 Å². The standard InChI is InChI=1S/C14H19FN2O3/c15-12-6-2-1-5-11(12)14(19)17-9-13(18)16-8-10-4-3-7-20-10/h3-4,7,11-12H,1-2,5-6,8-9H2,(H,16,18)(H,17,19). The van der Waals surface area contributed by atoms with E-state index in [0.717, 1.165) is 12.8 Å². The lowest BCUT2D eigenvalue weighted by Crippen LogP contribution is -2.42. The molecule has 1 heterocycles. The summed E-state index contributed by atoms with van der Waals surface area (Å²) in [4.78, 5) is 23.3. The Kier molecular flexibility index (Phi) is 5.15. The van der Waals surface area contributed by atoms with E-state index in [0.29, 0.717) is 18.6 Å². The van der Waals surface area contributed by atoms with Crippen LogP contribution in [0.15, 0.2) is 22.8 Å². The van der Waals surface area contributed by atoms with Gasteiger partial charge in [0.15, 0.2) is 0 Å². The molecule has 0 radical (unpaired) electrons. The number of alkyl halides is 1. The first-order valence-corrected chi connectivity index (χ1v) is 6.87. The van der Waals surface area contributed by atoms with Crippen LogP contribution in [-0.4, -0.2) is 24.5 Å². The van der Waals surface area contributed by atoms with Crippen molar-refractivity contribution in [2.75, 3.05) is 6.54 Å². The molecule has 1 aliphatic rings. The average molecular weight is 282 g/mol. The predicted octanol–water partition coefficient (Wildman–Crippen LogP) is 1.54. The van der Waals surface area contributed by atoms with Crippen LogP contribution in [0.3, 0.4) is 0 Å². The maximum atomic E-state index is 13.6. The van der Waals surface area contributed by atoms with Gasteiger partial charge in [-0.1, -0.05) is 12.8 Å². The summed E-state index contributed by atoms with van der Waals surface area (Å²) in [6.07, 6.45) is 3.12. The van der Waals surface area contributed by atoms with Crippen molar-refractivity contribution in [1.29, 1.82) is 0 Å². The number of carbonyl (C=O) groups excluding carboxylic acids is 2. The predicted molar refractivity (Wildman–Crippen MR) is 70.4 cm³/mol. The maximum Gasteiger partial charge on any atom is 0.239 e. The first-order chi connectivity index (χ1) is 9.66. The Morgan fingerprint density at radius 2 is 2.10 bits per heavy atom. The highest BCUT2D eigenvalue weighted by Gasteiger charge is 2.30. The van der Waals surface area contributed by atoms with Gasteiger partial charge in [-0.3, -0.25) is 9.59 Å². The van der Waals surface area contributed by atoms with Gasteiger partial charge < -0.3 is 15.1 Å². The molecule has 1 fully saturated rings. The molecule has 2 amide bonds. The van der Waals surface area contributed by atoms with Crippen molar-refractivity contribution in [3.05, 3.63) is 24.2 Å². The summed E-state index contributed by atoms with van der Waals surface area (Å²) in [6.45, 7) is 0.139. The summed E-state index contributed by atoms with van der Waals surface area (Å²) in [5.41, 5.74) is 0. The van der Waals surface area contributed by atoms with Crippen molar-refractivity contribution in [2.45, 2.75) is 38.4 Å². The summed E-state index contributed by atoms with van der Waals surface area (Å²) < 4.78 is 18.7. The fraction of sp³-hybridized carbons (Fsp3) is 0.571. The van der Waals surface area contributed by atoms with Crippen LogP contribution in [0.5, 0.6) is 0 Å². The number of halogens is 1. The van der Waals surface area contributed by atoms with E-state index < -0.39 is 12.1 Å². The zero-order chi connectivity index (χ0) is 14.4. The minimum absolute atomic E-state index is 0.136. The summed E-state index contributed by atoms with van der Waals surface area (Å²) in [7, 11) is 0. The van der Waals surface area contributed by atoms with E-state index in [1.165, 1.54) is 6.26 Å². The SMILES string of the molecule is O=C(CNC(=O)C1CCCCC1F)NCc1ccco1. The van der Waals surface area contributed by atoms with Crippen LogP contribution in [0.4, 0.5) is 4.39 Å². The summed E-state index contributed by atoms with van der Waals surface area (Å²) in [5, 5.41) is 5.10. The third-order valence-corrected chi connectivity index (χ3v) is 3.48. The zero-order valence-electron chi connectivity index (χ0n) is 11.2. The number of nitrogens with one attached hydrogen (secondary N) is 2. The first kappa shape index (κ1) is 14.6. The second-order valence-electron chi connectivity index (χ2n) is 4.98. The average Bonchev–Trinajstić information content (AvgIpc) is 2.96. The van der Waals surface area contributed by atoms with Gasteiger partial charge in [0.1, 0.15) is 11.9 Å². The third-order valence-electron chi connectivity index (χ3n) is 3.48. The Morgan fingerprint density at radius 1 is 1.30 bits per heavy atom. The van der Waals surface area contributed by atoms with Crippen LogP contribution in [-0.2, 0) is 16.1 Å². The molecule has 20 heavy (non-hydrogen) atoms. The number of rotatable bonds is 5. The first-order valence-electron chi connectivity index (χ1n) is 6.87. The molecular formula is C14H19FN2O3. The largest absolute Gasteiger partial charge is 0.467 e. The summed E-state index contributed by atoms with van der Waals surface area (Å²) in [5.74, 6) is -0.659. The molecule has 0 aromatic carbocycles. The van der Waals surface area contributed by atoms with Crippen LogP contribution in [0.1, 0.15) is 31.4 Å². The monoisotopic (exact) mass is 282 g/mol. The molecule has 2 N–H and O–H groups in total. The van der Waals surface area contributed by atoms with E-state index in [-0.39, 0.29) is 24.9 Å². The summed E-state index contributed by atoms with van der Waals surface area (Å²) >= 11 is 0. The molecule has 2 atom stereocenters. The lowest BCUT2D eigenvalue weighted by Gasteiger charge is -2.24. The molecule has 1 saturated carbocycles. The highest BCUT2D eigenvalue weighted by Crippen LogP contribution is 2.26. The van der Waals surface area contributed by atoms with Gasteiger partial charge in [-0.25, -0.2) is 4.39 Å². The van der Waals surface area contributed by atoms with Crippen LogP contribution in [0.2, 0.25) is 0 Å². The van der Waals surface area contributed by atoms with Crippen molar-refractivity contribution >= 4 is 11.8 Å². The smallest absolute Gasteiger partial charge is 0.239 e. The number of furan rings is 1. The van der Waals surface area contributed by atoms with Crippen molar-refractivity contribution in [1.82, 2.24) is 10.6 Å². The minimum Gasteiger partial charge on any atom is -0.467 e. The normalized spacial score (nSPS) is 22.2. The molecule has 1 aromatic heterocycles. The highest BCUT2D eigenvalue weighted by atomic mass is 19.1. The molecule has 2 rings (SSSR count). The Morgan fingerprint density at radius 3 is 2.80 bits per heavy atom. The molecular weight excluding hydrogens is 263 g/mol. The zero-order valence-corrected chi connectivity index (χ0v) is 11.2. The van der Waals surface area contributed by atoms with Crippen molar-refractivity contribution < 1.29 is 18.4 Å². The lowest BCUT2D eigenvalue weighted by molar-refractivity contribution is -0.131. The van der Waals surface area contributed by atoms with E-state index in [4.69, 9.17) is 4.42 Å². The molecule has 0 bridgehead atoms. The van der Waals surface area contributed by atoms with Gasteiger partial charge in [-0.05, 0) is 25.0 Å². The number of hydrogen-bond donors (Lipinski definition) is 2. The maximum absolute atomic E-state index is 13.6. The molecule has 2 unspecified atom stereocenters. The topological polar surface area (TPSA) is 71.3 Å². The number of amides is 2. The van der Waals surface area contributed by atoms with Gasteiger partial charge in [0.25, 0.3) is 0 Å². The number of hydrogen-bond acceptors (Lipinski definition) is 3. The van der Waals surface area contributed by atoms with E-state index in [1.54, 1.807) is 12.1 Å². The van der Waals surface area contributed by atoms with Gasteiger partial charge >= 0.3 is 0 Å². The molecule has 0 aliphatic heterocycles. The summed E-state index contributed by atoms with van der Waals surface area (Å²) in [6, 6.07) is 3.47. The Balaban J connectivity index is 1.68. The van der Waals surface area contributed by atoms with E-state index in [1.807, 2.05) is 0 Å². The van der Waals surface area contributed by atoms with E-state index in [9.17, 15) is 14.0 Å². The van der Waals surface area contributed by atoms with Crippen LogP contribution in [0, 0.1) is 5.92 Å². The molecule has 6 heteroatoms. The lowest BCUT2D eigenvalue weighted by atomic mass is 9.87. The Bertz CT molecular complexity index is 447. The fourth-order valence-corrected chi connectivity index (χ4v) is 2.34. The quantitative estimate of drug-likeness (QED) is 0.860. The Labute approximate surface area is 116 Å². The minimum atomic E-state index is -1.09. The van der Waals surface area contributed by atoms with Gasteiger partial charge in [-0.15, -0.1) is 0 Å². The van der Waals surface area contributed by atoms with E-state index in [2.05, 4.69) is 10.6 Å². The molecule has 0 saturated heterocycles.